The maximum Gasteiger partial charge on any atom is 0.355 e. The highest BCUT2D eigenvalue weighted by atomic mass is 16.5. The third-order valence-electron chi connectivity index (χ3n) is 6.98. The van der Waals surface area contributed by atoms with Crippen molar-refractivity contribution >= 4 is 29.2 Å². The first-order valence-corrected chi connectivity index (χ1v) is 12.1. The van der Waals surface area contributed by atoms with Crippen LogP contribution in [0.25, 0.3) is 0 Å². The smallest absolute Gasteiger partial charge is 0.355 e. The molecule has 0 bridgehead atoms. The molecule has 1 saturated heterocycles. The van der Waals surface area contributed by atoms with E-state index >= 15 is 0 Å². The van der Waals surface area contributed by atoms with Gasteiger partial charge in [-0.25, -0.2) is 9.59 Å². The lowest BCUT2D eigenvalue weighted by Crippen LogP contribution is -2.41. The van der Waals surface area contributed by atoms with Crippen LogP contribution in [0.1, 0.15) is 24.3 Å². The van der Waals surface area contributed by atoms with E-state index in [1.165, 1.54) is 19.1 Å². The van der Waals surface area contributed by atoms with Gasteiger partial charge in [0.25, 0.3) is 0 Å². The Balaban J connectivity index is 1.81. The first-order valence-electron chi connectivity index (χ1n) is 12.1. The molecule has 2 heterocycles. The van der Waals surface area contributed by atoms with Gasteiger partial charge in [-0.2, -0.15) is 5.26 Å². The van der Waals surface area contributed by atoms with E-state index in [0.29, 0.717) is 37.2 Å². The number of hydrogen-bond donors (Lipinski definition) is 2. The molecular formula is C28H29N5O5. The number of nitrogens with two attached hydrogens (primary N) is 2. The number of esters is 2. The summed E-state index contributed by atoms with van der Waals surface area (Å²) >= 11 is 0. The van der Waals surface area contributed by atoms with Crippen molar-refractivity contribution in [3.8, 4) is 6.07 Å². The number of nitriles is 1. The minimum absolute atomic E-state index is 0.00410. The summed E-state index contributed by atoms with van der Waals surface area (Å²) in [7, 11) is 2.42. The molecule has 0 spiro atoms. The standard InChI is InChI=1S/C28H29N5O5/c1-37-27(35)23-22(17-6-4-3-5-7-17)21(16-29)25(30)33(24(23)28(36)38-2)20-10-8-19(9-11-20)32-14-12-18(13-15-32)26(31)34/h3-11,18,22H,12-15,30H2,1-2H3,(H2,31,34). The lowest BCUT2D eigenvalue weighted by Gasteiger charge is -2.36. The molecule has 2 aromatic carbocycles. The van der Waals surface area contributed by atoms with Gasteiger partial charge in [0.2, 0.25) is 5.91 Å². The molecule has 4 N–H and O–H groups in total. The van der Waals surface area contributed by atoms with Crippen LogP contribution < -0.4 is 21.3 Å². The van der Waals surface area contributed by atoms with Crippen molar-refractivity contribution in [1.29, 1.82) is 5.26 Å². The quantitative estimate of drug-likeness (QED) is 0.552. The second-order valence-electron chi connectivity index (χ2n) is 9.02. The van der Waals surface area contributed by atoms with E-state index < -0.39 is 17.9 Å². The summed E-state index contributed by atoms with van der Waals surface area (Å²) in [6.07, 6.45) is 1.34. The average Bonchev–Trinajstić information content (AvgIpc) is 2.96. The Morgan fingerprint density at radius 1 is 0.921 bits per heavy atom. The number of allylic oxidation sites excluding steroid dienone is 1. The van der Waals surface area contributed by atoms with Gasteiger partial charge in [0.15, 0.2) is 0 Å². The van der Waals surface area contributed by atoms with Crippen LogP contribution in [0.5, 0.6) is 0 Å². The second kappa shape index (κ2) is 11.1. The highest BCUT2D eigenvalue weighted by Gasteiger charge is 2.43. The molecule has 2 aromatic rings. The molecule has 1 atom stereocenters. The Labute approximate surface area is 220 Å². The van der Waals surface area contributed by atoms with E-state index in [1.54, 1.807) is 42.5 Å². The van der Waals surface area contributed by atoms with Crippen LogP contribution in [-0.4, -0.2) is 45.2 Å². The minimum Gasteiger partial charge on any atom is -0.466 e. The van der Waals surface area contributed by atoms with Crippen molar-refractivity contribution in [1.82, 2.24) is 0 Å². The Hall–Kier alpha value is -4.78. The van der Waals surface area contributed by atoms with Gasteiger partial charge in [-0.1, -0.05) is 30.3 Å². The Bertz CT molecular complexity index is 1340. The Kier molecular flexibility index (Phi) is 7.67. The van der Waals surface area contributed by atoms with E-state index in [0.717, 1.165) is 5.69 Å². The van der Waals surface area contributed by atoms with Crippen LogP contribution in [0.15, 0.2) is 77.3 Å². The van der Waals surface area contributed by atoms with Gasteiger partial charge < -0.3 is 25.8 Å². The zero-order valence-corrected chi connectivity index (χ0v) is 21.2. The normalized spacial score (nSPS) is 18.2. The predicted molar refractivity (Wildman–Crippen MR) is 140 cm³/mol. The molecule has 38 heavy (non-hydrogen) atoms. The molecule has 0 aromatic heterocycles. The second-order valence-corrected chi connectivity index (χ2v) is 9.02. The van der Waals surface area contributed by atoms with Crippen LogP contribution in [0.3, 0.4) is 0 Å². The lowest BCUT2D eigenvalue weighted by molar-refractivity contribution is -0.139. The van der Waals surface area contributed by atoms with Gasteiger partial charge in [0.05, 0.1) is 37.4 Å². The van der Waals surface area contributed by atoms with Crippen molar-refractivity contribution in [2.75, 3.05) is 37.1 Å². The van der Waals surface area contributed by atoms with Gasteiger partial charge in [0.1, 0.15) is 11.5 Å². The van der Waals surface area contributed by atoms with E-state index in [4.69, 9.17) is 20.9 Å². The van der Waals surface area contributed by atoms with Crippen molar-refractivity contribution in [2.24, 2.45) is 17.4 Å². The van der Waals surface area contributed by atoms with Crippen LogP contribution in [0.4, 0.5) is 11.4 Å². The molecule has 1 unspecified atom stereocenters. The third kappa shape index (κ3) is 4.78. The van der Waals surface area contributed by atoms with Gasteiger partial charge >= 0.3 is 11.9 Å². The summed E-state index contributed by atoms with van der Waals surface area (Å²) in [4.78, 5) is 41.3. The van der Waals surface area contributed by atoms with Crippen LogP contribution in [0.2, 0.25) is 0 Å². The molecule has 10 heteroatoms. The number of amides is 1. The molecule has 0 aliphatic carbocycles. The van der Waals surface area contributed by atoms with Crippen LogP contribution in [0, 0.1) is 17.2 Å². The third-order valence-corrected chi connectivity index (χ3v) is 6.98. The highest BCUT2D eigenvalue weighted by Crippen LogP contribution is 2.43. The monoisotopic (exact) mass is 515 g/mol. The van der Waals surface area contributed by atoms with Gasteiger partial charge in [-0.3, -0.25) is 9.69 Å². The molecule has 196 valence electrons. The number of anilines is 2. The molecule has 10 nitrogen and oxygen atoms in total. The Morgan fingerprint density at radius 3 is 2.03 bits per heavy atom. The molecular weight excluding hydrogens is 486 g/mol. The number of ether oxygens (including phenoxy) is 2. The Morgan fingerprint density at radius 2 is 1.50 bits per heavy atom. The fourth-order valence-corrected chi connectivity index (χ4v) is 5.02. The fourth-order valence-electron chi connectivity index (χ4n) is 5.02. The van der Waals surface area contributed by atoms with Crippen molar-refractivity contribution in [2.45, 2.75) is 18.8 Å². The highest BCUT2D eigenvalue weighted by molar-refractivity contribution is 6.06. The van der Waals surface area contributed by atoms with Gasteiger partial charge in [-0.05, 0) is 42.7 Å². The number of piperidine rings is 1. The number of hydrogen-bond acceptors (Lipinski definition) is 9. The van der Waals surface area contributed by atoms with E-state index in [2.05, 4.69) is 11.0 Å². The van der Waals surface area contributed by atoms with Gasteiger partial charge in [0, 0.05) is 30.4 Å². The molecule has 2 aliphatic heterocycles. The maximum absolute atomic E-state index is 13.2. The number of methoxy groups -OCH3 is 2. The average molecular weight is 516 g/mol. The fraction of sp³-hybridized carbons (Fsp3) is 0.286. The first kappa shape index (κ1) is 26.3. The van der Waals surface area contributed by atoms with Crippen molar-refractivity contribution in [3.05, 3.63) is 82.8 Å². The summed E-state index contributed by atoms with van der Waals surface area (Å²) in [6.45, 7) is 1.35. The molecule has 0 radical (unpaired) electrons. The molecule has 2 aliphatic rings. The molecule has 0 saturated carbocycles. The molecule has 1 amide bonds. The largest absolute Gasteiger partial charge is 0.466 e. The SMILES string of the molecule is COC(=O)C1=C(C(=O)OC)N(c2ccc(N3CCC(C(N)=O)CC3)cc2)C(N)=C(C#N)C1c1ccccc1. The van der Waals surface area contributed by atoms with E-state index in [1.807, 2.05) is 12.1 Å². The number of carbonyl (C=O) groups is 3. The summed E-state index contributed by atoms with van der Waals surface area (Å²) in [5, 5.41) is 10.1. The maximum atomic E-state index is 13.2. The summed E-state index contributed by atoms with van der Waals surface area (Å²) in [5.41, 5.74) is 13.9. The summed E-state index contributed by atoms with van der Waals surface area (Å²) in [6, 6.07) is 18.2. The van der Waals surface area contributed by atoms with Crippen LogP contribution >= 0.6 is 0 Å². The number of carbonyl (C=O) groups excluding carboxylic acids is 3. The van der Waals surface area contributed by atoms with Crippen molar-refractivity contribution in [3.63, 3.8) is 0 Å². The van der Waals surface area contributed by atoms with Gasteiger partial charge in [-0.15, -0.1) is 0 Å². The first-order chi connectivity index (χ1) is 18.3. The predicted octanol–water partition coefficient (Wildman–Crippen LogP) is 2.29. The topological polar surface area (TPSA) is 152 Å². The van der Waals surface area contributed by atoms with Crippen molar-refractivity contribution < 1.29 is 23.9 Å². The zero-order chi connectivity index (χ0) is 27.4. The molecule has 4 rings (SSSR count). The number of rotatable bonds is 6. The summed E-state index contributed by atoms with van der Waals surface area (Å²) < 4.78 is 10.1. The minimum atomic E-state index is -0.926. The van der Waals surface area contributed by atoms with E-state index in [9.17, 15) is 19.6 Å². The van der Waals surface area contributed by atoms with E-state index in [-0.39, 0.29) is 34.5 Å². The number of primary amides is 1. The van der Waals surface area contributed by atoms with Crippen LogP contribution in [-0.2, 0) is 23.9 Å². The number of benzene rings is 2. The molecule has 1 fully saturated rings. The lowest BCUT2D eigenvalue weighted by atomic mass is 9.81. The number of nitrogens with zero attached hydrogens (tertiary/aromatic N) is 3. The summed E-state index contributed by atoms with van der Waals surface area (Å²) in [5.74, 6) is -2.91. The zero-order valence-electron chi connectivity index (χ0n) is 21.2.